The van der Waals surface area contributed by atoms with Crippen LogP contribution in [-0.2, 0) is 6.54 Å². The monoisotopic (exact) mass is 226 g/mol. The van der Waals surface area contributed by atoms with Crippen LogP contribution >= 0.6 is 11.6 Å². The fraction of sp³-hybridized carbons (Fsp3) is 0.600. The molecule has 1 fully saturated rings. The van der Waals surface area contributed by atoms with Gasteiger partial charge in [0.05, 0.1) is 18.1 Å². The molecule has 0 unspecified atom stereocenters. The van der Waals surface area contributed by atoms with E-state index in [4.69, 9.17) is 17.3 Å². The first-order chi connectivity index (χ1) is 7.24. The van der Waals surface area contributed by atoms with E-state index in [0.717, 1.165) is 31.7 Å². The lowest BCUT2D eigenvalue weighted by Crippen LogP contribution is -2.42. The van der Waals surface area contributed by atoms with Crippen molar-refractivity contribution in [3.63, 3.8) is 0 Å². The summed E-state index contributed by atoms with van der Waals surface area (Å²) in [4.78, 5) is 10.5. The predicted octanol–water partition coefficient (Wildman–Crippen LogP) is 1.05. The average Bonchev–Trinajstić information content (AvgIpc) is 2.22. The first kappa shape index (κ1) is 10.8. The Morgan fingerprint density at radius 1 is 1.47 bits per heavy atom. The quantitative estimate of drug-likeness (QED) is 0.819. The van der Waals surface area contributed by atoms with Gasteiger partial charge in [-0.15, -0.1) is 0 Å². The molecule has 0 saturated carbocycles. The molecule has 2 rings (SSSR count). The molecule has 1 aliphatic heterocycles. The first-order valence-electron chi connectivity index (χ1n) is 5.18. The van der Waals surface area contributed by atoms with E-state index in [1.807, 2.05) is 0 Å². The Balaban J connectivity index is 1.93. The molecular weight excluding hydrogens is 212 g/mol. The van der Waals surface area contributed by atoms with Crippen molar-refractivity contribution < 1.29 is 0 Å². The van der Waals surface area contributed by atoms with Crippen molar-refractivity contribution in [3.8, 4) is 0 Å². The Morgan fingerprint density at radius 2 is 2.33 bits per heavy atom. The third-order valence-electron chi connectivity index (χ3n) is 2.60. The van der Waals surface area contributed by atoms with Crippen LogP contribution in [0.15, 0.2) is 12.4 Å². The van der Waals surface area contributed by atoms with Crippen LogP contribution in [0.1, 0.15) is 18.5 Å². The number of halogens is 1. The molecule has 1 atom stereocenters. The topological polar surface area (TPSA) is 55.0 Å². The van der Waals surface area contributed by atoms with E-state index in [-0.39, 0.29) is 0 Å². The summed E-state index contributed by atoms with van der Waals surface area (Å²) in [5, 5.41) is 0.439. The SMILES string of the molecule is N[C@@H]1CCCN(Cc2cnc(Cl)cn2)C1. The average molecular weight is 227 g/mol. The molecule has 0 aromatic carbocycles. The zero-order chi connectivity index (χ0) is 10.7. The van der Waals surface area contributed by atoms with Crippen LogP contribution < -0.4 is 5.73 Å². The molecule has 1 aliphatic rings. The van der Waals surface area contributed by atoms with Gasteiger partial charge in [0.15, 0.2) is 0 Å². The van der Waals surface area contributed by atoms with Gasteiger partial charge in [0.25, 0.3) is 0 Å². The van der Waals surface area contributed by atoms with Gasteiger partial charge in [-0.2, -0.15) is 0 Å². The van der Waals surface area contributed by atoms with E-state index < -0.39 is 0 Å². The van der Waals surface area contributed by atoms with Gasteiger partial charge in [-0.05, 0) is 19.4 Å². The summed E-state index contributed by atoms with van der Waals surface area (Å²) in [7, 11) is 0. The molecule has 1 saturated heterocycles. The zero-order valence-electron chi connectivity index (χ0n) is 8.56. The minimum Gasteiger partial charge on any atom is -0.327 e. The Labute approximate surface area is 94.5 Å². The highest BCUT2D eigenvalue weighted by Gasteiger charge is 2.16. The van der Waals surface area contributed by atoms with Gasteiger partial charge in [0.2, 0.25) is 0 Å². The standard InChI is InChI=1S/C10H15ClN4/c11-10-5-13-9(4-14-10)7-15-3-1-2-8(12)6-15/h4-5,8H,1-3,6-7,12H2/t8-/m1/s1. The minimum atomic E-state index is 0.305. The van der Waals surface area contributed by atoms with E-state index in [2.05, 4.69) is 14.9 Å². The first-order valence-corrected chi connectivity index (χ1v) is 5.56. The third kappa shape index (κ3) is 3.12. The molecule has 0 aliphatic carbocycles. The van der Waals surface area contributed by atoms with E-state index >= 15 is 0 Å². The Hall–Kier alpha value is -0.710. The Morgan fingerprint density at radius 3 is 3.00 bits per heavy atom. The van der Waals surface area contributed by atoms with Crippen LogP contribution in [0.4, 0.5) is 0 Å². The number of hydrogen-bond donors (Lipinski definition) is 1. The molecule has 82 valence electrons. The molecule has 0 spiro atoms. The molecule has 0 bridgehead atoms. The highest BCUT2D eigenvalue weighted by molar-refractivity contribution is 6.29. The molecule has 0 amide bonds. The fourth-order valence-electron chi connectivity index (χ4n) is 1.88. The molecule has 4 nitrogen and oxygen atoms in total. The Bertz CT molecular complexity index is 314. The smallest absolute Gasteiger partial charge is 0.147 e. The van der Waals surface area contributed by atoms with Crippen LogP contribution in [0.5, 0.6) is 0 Å². The van der Waals surface area contributed by atoms with Gasteiger partial charge < -0.3 is 5.73 Å². The second-order valence-electron chi connectivity index (χ2n) is 3.97. The van der Waals surface area contributed by atoms with Gasteiger partial charge >= 0.3 is 0 Å². The molecule has 15 heavy (non-hydrogen) atoms. The molecule has 2 N–H and O–H groups in total. The van der Waals surface area contributed by atoms with Gasteiger partial charge in [-0.3, -0.25) is 9.88 Å². The van der Waals surface area contributed by atoms with Crippen LogP contribution in [0.3, 0.4) is 0 Å². The van der Waals surface area contributed by atoms with Gasteiger partial charge in [-0.1, -0.05) is 11.6 Å². The number of hydrogen-bond acceptors (Lipinski definition) is 4. The van der Waals surface area contributed by atoms with Crippen molar-refractivity contribution in [1.29, 1.82) is 0 Å². The van der Waals surface area contributed by atoms with Crippen molar-refractivity contribution >= 4 is 11.6 Å². The predicted molar refractivity (Wildman–Crippen MR) is 59.5 cm³/mol. The van der Waals surface area contributed by atoms with E-state index in [0.29, 0.717) is 11.2 Å². The maximum atomic E-state index is 5.90. The lowest BCUT2D eigenvalue weighted by Gasteiger charge is -2.30. The lowest BCUT2D eigenvalue weighted by molar-refractivity contribution is 0.199. The van der Waals surface area contributed by atoms with Crippen LogP contribution in [0.2, 0.25) is 5.15 Å². The molecule has 2 heterocycles. The number of nitrogens with zero attached hydrogens (tertiary/aromatic N) is 3. The van der Waals surface area contributed by atoms with Crippen LogP contribution in [0.25, 0.3) is 0 Å². The minimum absolute atomic E-state index is 0.305. The van der Waals surface area contributed by atoms with E-state index in [1.54, 1.807) is 12.4 Å². The number of nitrogens with two attached hydrogens (primary N) is 1. The Kier molecular flexibility index (Phi) is 3.51. The summed E-state index contributed by atoms with van der Waals surface area (Å²) in [6, 6.07) is 0.305. The number of aromatic nitrogens is 2. The van der Waals surface area contributed by atoms with Gasteiger partial charge in [0, 0.05) is 19.1 Å². The normalized spacial score (nSPS) is 22.9. The van der Waals surface area contributed by atoms with Crippen LogP contribution in [-0.4, -0.2) is 34.0 Å². The number of piperidine rings is 1. The van der Waals surface area contributed by atoms with Gasteiger partial charge in [0.1, 0.15) is 5.15 Å². The summed E-state index contributed by atoms with van der Waals surface area (Å²) >= 11 is 5.67. The summed E-state index contributed by atoms with van der Waals surface area (Å²) in [6.45, 7) is 2.86. The molecular formula is C10H15ClN4. The van der Waals surface area contributed by atoms with Crippen LogP contribution in [0, 0.1) is 0 Å². The third-order valence-corrected chi connectivity index (χ3v) is 2.80. The molecule has 1 aromatic rings. The second-order valence-corrected chi connectivity index (χ2v) is 4.36. The second kappa shape index (κ2) is 4.88. The fourth-order valence-corrected chi connectivity index (χ4v) is 1.98. The molecule has 0 radical (unpaired) electrons. The summed E-state index contributed by atoms with van der Waals surface area (Å²) in [5.74, 6) is 0. The summed E-state index contributed by atoms with van der Waals surface area (Å²) in [6.07, 6.45) is 5.61. The summed E-state index contributed by atoms with van der Waals surface area (Å²) in [5.41, 5.74) is 6.86. The van der Waals surface area contributed by atoms with Crippen molar-refractivity contribution in [3.05, 3.63) is 23.2 Å². The van der Waals surface area contributed by atoms with Crippen molar-refractivity contribution in [2.75, 3.05) is 13.1 Å². The molecule has 5 heteroatoms. The maximum Gasteiger partial charge on any atom is 0.147 e. The number of likely N-dealkylation sites (tertiary alicyclic amines) is 1. The largest absolute Gasteiger partial charge is 0.327 e. The lowest BCUT2D eigenvalue weighted by atomic mass is 10.1. The highest BCUT2D eigenvalue weighted by Crippen LogP contribution is 2.11. The highest BCUT2D eigenvalue weighted by atomic mass is 35.5. The van der Waals surface area contributed by atoms with Crippen molar-refractivity contribution in [1.82, 2.24) is 14.9 Å². The number of rotatable bonds is 2. The maximum absolute atomic E-state index is 5.90. The van der Waals surface area contributed by atoms with E-state index in [9.17, 15) is 0 Å². The van der Waals surface area contributed by atoms with E-state index in [1.165, 1.54) is 6.42 Å². The van der Waals surface area contributed by atoms with Crippen molar-refractivity contribution in [2.24, 2.45) is 5.73 Å². The summed E-state index contributed by atoms with van der Waals surface area (Å²) < 4.78 is 0. The molecule has 1 aromatic heterocycles. The van der Waals surface area contributed by atoms with Crippen molar-refractivity contribution in [2.45, 2.75) is 25.4 Å². The zero-order valence-corrected chi connectivity index (χ0v) is 9.32. The van der Waals surface area contributed by atoms with Gasteiger partial charge in [-0.25, -0.2) is 4.98 Å².